The summed E-state index contributed by atoms with van der Waals surface area (Å²) in [6, 6.07) is 8.17. The molecular weight excluding hydrogens is 252 g/mol. The second-order valence-electron chi connectivity index (χ2n) is 5.01. The van der Waals surface area contributed by atoms with Crippen molar-refractivity contribution in [1.29, 1.82) is 0 Å². The number of nitrogens with zero attached hydrogens (tertiary/aromatic N) is 2. The minimum atomic E-state index is -0.0544. The van der Waals surface area contributed by atoms with Gasteiger partial charge < -0.3 is 11.1 Å². The fourth-order valence-corrected chi connectivity index (χ4v) is 2.14. The Balaban J connectivity index is 1.96. The molecule has 1 amide bonds. The first-order valence-electron chi connectivity index (χ1n) is 6.62. The third-order valence-corrected chi connectivity index (χ3v) is 3.25. The molecule has 2 aromatic rings. The van der Waals surface area contributed by atoms with E-state index in [1.54, 1.807) is 11.7 Å². The Morgan fingerprint density at radius 2 is 2.15 bits per heavy atom. The number of carbonyl (C=O) groups excluding carboxylic acids is 1. The van der Waals surface area contributed by atoms with Crippen LogP contribution in [0.5, 0.6) is 0 Å². The molecule has 3 N–H and O–H groups in total. The van der Waals surface area contributed by atoms with Crippen LogP contribution in [0.1, 0.15) is 23.2 Å². The van der Waals surface area contributed by atoms with Gasteiger partial charge >= 0.3 is 0 Å². The van der Waals surface area contributed by atoms with E-state index in [9.17, 15) is 4.79 Å². The van der Waals surface area contributed by atoms with Gasteiger partial charge in [0.25, 0.3) is 0 Å². The zero-order valence-electron chi connectivity index (χ0n) is 12.1. The van der Waals surface area contributed by atoms with E-state index in [-0.39, 0.29) is 5.91 Å². The number of benzene rings is 1. The van der Waals surface area contributed by atoms with E-state index < -0.39 is 0 Å². The van der Waals surface area contributed by atoms with Crippen LogP contribution < -0.4 is 11.1 Å². The average Bonchev–Trinajstić information content (AvgIpc) is 2.63. The molecule has 1 aromatic carbocycles. The number of nitrogen functional groups attached to an aromatic ring is 1. The van der Waals surface area contributed by atoms with E-state index in [0.717, 1.165) is 11.3 Å². The van der Waals surface area contributed by atoms with Crippen LogP contribution in [0, 0.1) is 13.8 Å². The summed E-state index contributed by atoms with van der Waals surface area (Å²) < 4.78 is 1.59. The minimum Gasteiger partial charge on any atom is -0.394 e. The fraction of sp³-hybridized carbons (Fsp3) is 0.333. The number of anilines is 2. The summed E-state index contributed by atoms with van der Waals surface area (Å²) in [5.74, 6) is 0.512. The summed E-state index contributed by atoms with van der Waals surface area (Å²) in [4.78, 5) is 12.0. The Morgan fingerprint density at radius 1 is 1.40 bits per heavy atom. The van der Waals surface area contributed by atoms with Gasteiger partial charge in [-0.15, -0.1) is 0 Å². The van der Waals surface area contributed by atoms with Gasteiger partial charge in [0.05, 0.1) is 11.4 Å². The SMILES string of the molecule is Cc1cccc(CCC(=O)Nc2c(N)c(C)nn2C)c1. The van der Waals surface area contributed by atoms with Crippen molar-refractivity contribution in [3.63, 3.8) is 0 Å². The molecule has 0 aliphatic carbocycles. The van der Waals surface area contributed by atoms with Crippen molar-refractivity contribution in [2.24, 2.45) is 7.05 Å². The van der Waals surface area contributed by atoms with E-state index in [0.29, 0.717) is 24.3 Å². The molecule has 5 nitrogen and oxygen atoms in total. The highest BCUT2D eigenvalue weighted by atomic mass is 16.1. The van der Waals surface area contributed by atoms with Crippen molar-refractivity contribution in [3.05, 3.63) is 41.1 Å². The van der Waals surface area contributed by atoms with Crippen LogP contribution in [0.25, 0.3) is 0 Å². The lowest BCUT2D eigenvalue weighted by Gasteiger charge is -2.07. The average molecular weight is 272 g/mol. The van der Waals surface area contributed by atoms with Gasteiger partial charge in [-0.3, -0.25) is 9.48 Å². The summed E-state index contributed by atoms with van der Waals surface area (Å²) in [5, 5.41) is 6.99. The fourth-order valence-electron chi connectivity index (χ4n) is 2.14. The molecule has 0 radical (unpaired) electrons. The maximum absolute atomic E-state index is 12.0. The first-order chi connectivity index (χ1) is 9.47. The highest BCUT2D eigenvalue weighted by Crippen LogP contribution is 2.21. The lowest BCUT2D eigenvalue weighted by atomic mass is 10.1. The van der Waals surface area contributed by atoms with E-state index >= 15 is 0 Å². The number of aromatic nitrogens is 2. The third kappa shape index (κ3) is 3.17. The topological polar surface area (TPSA) is 72.9 Å². The normalized spacial score (nSPS) is 10.6. The molecule has 0 bridgehead atoms. The lowest BCUT2D eigenvalue weighted by molar-refractivity contribution is -0.116. The zero-order valence-corrected chi connectivity index (χ0v) is 12.1. The summed E-state index contributed by atoms with van der Waals surface area (Å²) in [6.45, 7) is 3.86. The number of carbonyl (C=O) groups is 1. The Labute approximate surface area is 118 Å². The number of nitrogens with one attached hydrogen (secondary N) is 1. The first kappa shape index (κ1) is 14.1. The molecule has 20 heavy (non-hydrogen) atoms. The Kier molecular flexibility index (Phi) is 4.08. The predicted molar refractivity (Wildman–Crippen MR) is 80.5 cm³/mol. The van der Waals surface area contributed by atoms with Gasteiger partial charge in [-0.2, -0.15) is 5.10 Å². The number of rotatable bonds is 4. The summed E-state index contributed by atoms with van der Waals surface area (Å²) in [6.07, 6.45) is 1.14. The smallest absolute Gasteiger partial charge is 0.225 e. The molecule has 2 rings (SSSR count). The van der Waals surface area contributed by atoms with Gasteiger partial charge in [0.15, 0.2) is 5.82 Å². The van der Waals surface area contributed by atoms with Crippen molar-refractivity contribution in [2.45, 2.75) is 26.7 Å². The maximum Gasteiger partial charge on any atom is 0.225 e. The van der Waals surface area contributed by atoms with Gasteiger partial charge in [-0.1, -0.05) is 29.8 Å². The number of aryl methyl sites for hydroxylation is 4. The molecule has 1 aromatic heterocycles. The van der Waals surface area contributed by atoms with Crippen LogP contribution in [0.4, 0.5) is 11.5 Å². The monoisotopic (exact) mass is 272 g/mol. The largest absolute Gasteiger partial charge is 0.394 e. The van der Waals surface area contributed by atoms with Crippen LogP contribution in [-0.4, -0.2) is 15.7 Å². The van der Waals surface area contributed by atoms with Crippen molar-refractivity contribution < 1.29 is 4.79 Å². The second-order valence-corrected chi connectivity index (χ2v) is 5.01. The zero-order chi connectivity index (χ0) is 14.7. The molecule has 106 valence electrons. The lowest BCUT2D eigenvalue weighted by Crippen LogP contribution is -2.16. The number of hydrogen-bond donors (Lipinski definition) is 2. The van der Waals surface area contributed by atoms with Gasteiger partial charge in [0.2, 0.25) is 5.91 Å². The van der Waals surface area contributed by atoms with Crippen LogP contribution in [-0.2, 0) is 18.3 Å². The van der Waals surface area contributed by atoms with Crippen LogP contribution >= 0.6 is 0 Å². The summed E-state index contributed by atoms with van der Waals surface area (Å²) >= 11 is 0. The van der Waals surface area contributed by atoms with E-state index in [4.69, 9.17) is 5.73 Å². The molecule has 0 saturated heterocycles. The number of amides is 1. The minimum absolute atomic E-state index is 0.0544. The molecule has 0 aliphatic rings. The van der Waals surface area contributed by atoms with Crippen LogP contribution in [0.2, 0.25) is 0 Å². The second kappa shape index (κ2) is 5.77. The molecule has 0 atom stereocenters. The molecule has 0 unspecified atom stereocenters. The van der Waals surface area contributed by atoms with Crippen LogP contribution in [0.15, 0.2) is 24.3 Å². The van der Waals surface area contributed by atoms with Crippen molar-refractivity contribution in [2.75, 3.05) is 11.1 Å². The highest BCUT2D eigenvalue weighted by molar-refractivity contribution is 5.93. The Morgan fingerprint density at radius 3 is 2.75 bits per heavy atom. The number of nitrogens with two attached hydrogens (primary N) is 1. The van der Waals surface area contributed by atoms with Gasteiger partial charge in [-0.25, -0.2) is 0 Å². The summed E-state index contributed by atoms with van der Waals surface area (Å²) in [5.41, 5.74) is 9.49. The van der Waals surface area contributed by atoms with E-state index in [1.807, 2.05) is 32.0 Å². The third-order valence-electron chi connectivity index (χ3n) is 3.25. The Bertz CT molecular complexity index is 631. The predicted octanol–water partition coefficient (Wildman–Crippen LogP) is 2.19. The van der Waals surface area contributed by atoms with E-state index in [2.05, 4.69) is 16.5 Å². The van der Waals surface area contributed by atoms with Gasteiger partial charge in [-0.05, 0) is 25.8 Å². The maximum atomic E-state index is 12.0. The van der Waals surface area contributed by atoms with Crippen LogP contribution in [0.3, 0.4) is 0 Å². The molecule has 0 aliphatic heterocycles. The van der Waals surface area contributed by atoms with E-state index in [1.165, 1.54) is 5.56 Å². The van der Waals surface area contributed by atoms with Gasteiger partial charge in [0.1, 0.15) is 0 Å². The van der Waals surface area contributed by atoms with Crippen molar-refractivity contribution in [3.8, 4) is 0 Å². The first-order valence-corrected chi connectivity index (χ1v) is 6.62. The van der Waals surface area contributed by atoms with Crippen molar-refractivity contribution >= 4 is 17.4 Å². The number of hydrogen-bond acceptors (Lipinski definition) is 3. The standard InChI is InChI=1S/C15H20N4O/c1-10-5-4-6-12(9-10)7-8-13(20)17-15-14(16)11(2)18-19(15)3/h4-6,9H,7-8,16H2,1-3H3,(H,17,20). The molecule has 0 saturated carbocycles. The summed E-state index contributed by atoms with van der Waals surface area (Å²) in [7, 11) is 1.76. The molecular formula is C15H20N4O. The molecule has 5 heteroatoms. The molecule has 1 heterocycles. The highest BCUT2D eigenvalue weighted by Gasteiger charge is 2.12. The Hall–Kier alpha value is -2.30. The quantitative estimate of drug-likeness (QED) is 0.896. The van der Waals surface area contributed by atoms with Crippen molar-refractivity contribution in [1.82, 2.24) is 9.78 Å². The molecule has 0 fully saturated rings. The molecule has 0 spiro atoms. The van der Waals surface area contributed by atoms with Gasteiger partial charge in [0, 0.05) is 13.5 Å².